The summed E-state index contributed by atoms with van der Waals surface area (Å²) in [5, 5.41) is 0. The molecule has 0 amide bonds. The van der Waals surface area contributed by atoms with E-state index in [9.17, 15) is 0 Å². The molecule has 118 valence electrons. The van der Waals surface area contributed by atoms with Crippen LogP contribution in [0.1, 0.15) is 0 Å². The number of hydrogen-bond acceptors (Lipinski definition) is 3. The van der Waals surface area contributed by atoms with E-state index in [-0.39, 0.29) is 0 Å². The SMILES string of the molecule is COc1c[nH]c(-c2nc(-c3ccccc3)c(-c3ccccc3)o2)c1. The fraction of sp³-hybridized carbons (Fsp3) is 0.0500. The first kappa shape index (κ1) is 14.3. The van der Waals surface area contributed by atoms with Gasteiger partial charge in [-0.15, -0.1) is 0 Å². The number of oxazole rings is 1. The van der Waals surface area contributed by atoms with Crippen LogP contribution < -0.4 is 4.74 Å². The molecular weight excluding hydrogens is 300 g/mol. The zero-order valence-corrected chi connectivity index (χ0v) is 13.2. The Kier molecular flexibility index (Phi) is 3.63. The van der Waals surface area contributed by atoms with Crippen molar-refractivity contribution in [3.05, 3.63) is 72.9 Å². The second-order valence-corrected chi connectivity index (χ2v) is 5.38. The molecule has 0 radical (unpaired) electrons. The van der Waals surface area contributed by atoms with Gasteiger partial charge in [0.05, 0.1) is 7.11 Å². The lowest BCUT2D eigenvalue weighted by Gasteiger charge is -2.00. The maximum atomic E-state index is 6.10. The van der Waals surface area contributed by atoms with E-state index in [1.54, 1.807) is 13.3 Å². The summed E-state index contributed by atoms with van der Waals surface area (Å²) < 4.78 is 11.3. The Morgan fingerprint density at radius 3 is 2.21 bits per heavy atom. The zero-order chi connectivity index (χ0) is 16.4. The van der Waals surface area contributed by atoms with E-state index in [0.717, 1.165) is 34.0 Å². The van der Waals surface area contributed by atoms with Gasteiger partial charge in [0.2, 0.25) is 5.89 Å². The van der Waals surface area contributed by atoms with E-state index in [1.165, 1.54) is 0 Å². The summed E-state index contributed by atoms with van der Waals surface area (Å²) in [7, 11) is 1.63. The van der Waals surface area contributed by atoms with Gasteiger partial charge in [0.15, 0.2) is 5.76 Å². The van der Waals surface area contributed by atoms with Crippen molar-refractivity contribution in [3.63, 3.8) is 0 Å². The van der Waals surface area contributed by atoms with Crippen molar-refractivity contribution in [2.24, 2.45) is 0 Å². The van der Waals surface area contributed by atoms with E-state index in [4.69, 9.17) is 14.1 Å². The van der Waals surface area contributed by atoms with Crippen molar-refractivity contribution in [1.29, 1.82) is 0 Å². The van der Waals surface area contributed by atoms with Crippen LogP contribution in [-0.4, -0.2) is 17.1 Å². The van der Waals surface area contributed by atoms with Crippen molar-refractivity contribution < 1.29 is 9.15 Å². The van der Waals surface area contributed by atoms with Crippen LogP contribution in [0.4, 0.5) is 0 Å². The lowest BCUT2D eigenvalue weighted by atomic mass is 10.1. The molecule has 2 heterocycles. The Morgan fingerprint density at radius 1 is 0.917 bits per heavy atom. The predicted molar refractivity (Wildman–Crippen MR) is 93.7 cm³/mol. The third-order valence-corrected chi connectivity index (χ3v) is 3.83. The topological polar surface area (TPSA) is 51.0 Å². The van der Waals surface area contributed by atoms with Gasteiger partial charge in [-0.2, -0.15) is 0 Å². The maximum Gasteiger partial charge on any atom is 0.244 e. The minimum absolute atomic E-state index is 0.538. The van der Waals surface area contributed by atoms with Crippen LogP contribution in [0, 0.1) is 0 Å². The molecule has 4 heteroatoms. The van der Waals surface area contributed by atoms with E-state index in [0.29, 0.717) is 5.89 Å². The highest BCUT2D eigenvalue weighted by Crippen LogP contribution is 2.36. The summed E-state index contributed by atoms with van der Waals surface area (Å²) in [6, 6.07) is 21.9. The van der Waals surface area contributed by atoms with Gasteiger partial charge in [-0.1, -0.05) is 60.7 Å². The minimum atomic E-state index is 0.538. The molecule has 2 aromatic carbocycles. The molecule has 0 unspecified atom stereocenters. The number of ether oxygens (including phenoxy) is 1. The number of methoxy groups -OCH3 is 1. The minimum Gasteiger partial charge on any atom is -0.495 e. The van der Waals surface area contributed by atoms with Crippen molar-refractivity contribution in [3.8, 4) is 39.9 Å². The molecule has 0 aliphatic carbocycles. The molecule has 0 aliphatic heterocycles. The summed E-state index contributed by atoms with van der Waals surface area (Å²) in [6.45, 7) is 0. The molecule has 0 saturated heterocycles. The number of aromatic amines is 1. The van der Waals surface area contributed by atoms with Gasteiger partial charge in [0.1, 0.15) is 17.1 Å². The number of nitrogens with one attached hydrogen (secondary N) is 1. The van der Waals surface area contributed by atoms with Crippen LogP contribution in [0.25, 0.3) is 34.2 Å². The van der Waals surface area contributed by atoms with Gasteiger partial charge >= 0.3 is 0 Å². The Morgan fingerprint density at radius 2 is 1.58 bits per heavy atom. The average molecular weight is 316 g/mol. The van der Waals surface area contributed by atoms with Crippen LogP contribution in [0.5, 0.6) is 5.75 Å². The number of rotatable bonds is 4. The fourth-order valence-corrected chi connectivity index (χ4v) is 2.63. The molecule has 2 aromatic heterocycles. The summed E-state index contributed by atoms with van der Waals surface area (Å²) in [4.78, 5) is 7.86. The number of nitrogens with zero attached hydrogens (tertiary/aromatic N) is 1. The quantitative estimate of drug-likeness (QED) is 0.575. The van der Waals surface area contributed by atoms with Crippen LogP contribution in [0.15, 0.2) is 77.3 Å². The first-order valence-electron chi connectivity index (χ1n) is 7.69. The summed E-state index contributed by atoms with van der Waals surface area (Å²) in [5.41, 5.74) is 3.62. The Balaban J connectivity index is 1.88. The molecule has 4 aromatic rings. The Bertz CT molecular complexity index is 883. The van der Waals surface area contributed by atoms with Crippen LogP contribution >= 0.6 is 0 Å². The van der Waals surface area contributed by atoms with Crippen molar-refractivity contribution in [2.75, 3.05) is 7.11 Å². The van der Waals surface area contributed by atoms with Gasteiger partial charge in [-0.25, -0.2) is 4.98 Å². The highest BCUT2D eigenvalue weighted by atomic mass is 16.5. The molecule has 0 bridgehead atoms. The smallest absolute Gasteiger partial charge is 0.244 e. The lowest BCUT2D eigenvalue weighted by Crippen LogP contribution is -1.82. The average Bonchev–Trinajstić information content (AvgIpc) is 3.30. The first-order chi connectivity index (χ1) is 11.8. The van der Waals surface area contributed by atoms with Gasteiger partial charge in [-0.05, 0) is 0 Å². The van der Waals surface area contributed by atoms with E-state index in [2.05, 4.69) is 4.98 Å². The highest BCUT2D eigenvalue weighted by molar-refractivity contribution is 5.78. The summed E-state index contributed by atoms with van der Waals surface area (Å²) in [5.74, 6) is 2.03. The largest absolute Gasteiger partial charge is 0.495 e. The first-order valence-corrected chi connectivity index (χ1v) is 7.69. The number of benzene rings is 2. The van der Waals surface area contributed by atoms with Gasteiger partial charge < -0.3 is 14.1 Å². The van der Waals surface area contributed by atoms with Crippen molar-refractivity contribution in [1.82, 2.24) is 9.97 Å². The molecule has 1 N–H and O–H groups in total. The zero-order valence-electron chi connectivity index (χ0n) is 13.2. The van der Waals surface area contributed by atoms with E-state index >= 15 is 0 Å². The van der Waals surface area contributed by atoms with Crippen molar-refractivity contribution in [2.45, 2.75) is 0 Å². The monoisotopic (exact) mass is 316 g/mol. The van der Waals surface area contributed by atoms with E-state index < -0.39 is 0 Å². The van der Waals surface area contributed by atoms with Crippen LogP contribution in [-0.2, 0) is 0 Å². The molecular formula is C20H16N2O2. The van der Waals surface area contributed by atoms with Crippen molar-refractivity contribution >= 4 is 0 Å². The standard InChI is InChI=1S/C20H16N2O2/c1-23-16-12-17(21-13-16)20-22-18(14-8-4-2-5-9-14)19(24-20)15-10-6-3-7-11-15/h2-13,21H,1H3. The van der Waals surface area contributed by atoms with Gasteiger partial charge in [-0.3, -0.25) is 0 Å². The molecule has 0 atom stereocenters. The Labute approximate surface area is 139 Å². The molecule has 24 heavy (non-hydrogen) atoms. The van der Waals surface area contributed by atoms with Crippen LogP contribution in [0.2, 0.25) is 0 Å². The predicted octanol–water partition coefficient (Wildman–Crippen LogP) is 5.01. The highest BCUT2D eigenvalue weighted by Gasteiger charge is 2.18. The molecule has 0 spiro atoms. The molecule has 0 fully saturated rings. The number of aromatic nitrogens is 2. The summed E-state index contributed by atoms with van der Waals surface area (Å²) >= 11 is 0. The normalized spacial score (nSPS) is 10.7. The van der Waals surface area contributed by atoms with Gasteiger partial charge in [0.25, 0.3) is 0 Å². The number of H-pyrrole nitrogens is 1. The molecule has 4 rings (SSSR count). The van der Waals surface area contributed by atoms with E-state index in [1.807, 2.05) is 66.7 Å². The second kappa shape index (κ2) is 6.08. The third-order valence-electron chi connectivity index (χ3n) is 3.83. The second-order valence-electron chi connectivity index (χ2n) is 5.38. The van der Waals surface area contributed by atoms with Crippen LogP contribution in [0.3, 0.4) is 0 Å². The molecule has 4 nitrogen and oxygen atoms in total. The Hall–Kier alpha value is -3.27. The fourth-order valence-electron chi connectivity index (χ4n) is 2.63. The molecule has 0 saturated carbocycles. The number of hydrogen-bond donors (Lipinski definition) is 1. The summed E-state index contributed by atoms with van der Waals surface area (Å²) in [6.07, 6.45) is 1.78. The third kappa shape index (κ3) is 2.58. The maximum absolute atomic E-state index is 6.10. The molecule has 0 aliphatic rings. The lowest BCUT2D eigenvalue weighted by molar-refractivity contribution is 0.415. The van der Waals surface area contributed by atoms with Gasteiger partial charge in [0, 0.05) is 23.4 Å².